The first kappa shape index (κ1) is 26.8. The molecule has 1 saturated heterocycles. The van der Waals surface area contributed by atoms with E-state index >= 15 is 0 Å². The van der Waals surface area contributed by atoms with Crippen molar-refractivity contribution in [2.75, 3.05) is 25.0 Å². The number of hydrogen-bond acceptors (Lipinski definition) is 7. The number of anilines is 1. The van der Waals surface area contributed by atoms with Crippen LogP contribution in [0.3, 0.4) is 0 Å². The minimum atomic E-state index is -0.511. The van der Waals surface area contributed by atoms with Crippen molar-refractivity contribution in [2.45, 2.75) is 52.5 Å². The zero-order chi connectivity index (χ0) is 26.6. The molecule has 0 bridgehead atoms. The van der Waals surface area contributed by atoms with Gasteiger partial charge in [0.1, 0.15) is 0 Å². The molecule has 1 amide bonds. The molecule has 1 N–H and O–H groups in total. The lowest BCUT2D eigenvalue weighted by Gasteiger charge is -2.30. The molecule has 8 nitrogen and oxygen atoms in total. The number of nitrogens with one attached hydrogen (secondary N) is 1. The molecule has 1 aliphatic rings. The Hall–Kier alpha value is -3.23. The predicted molar refractivity (Wildman–Crippen MR) is 142 cm³/mol. The van der Waals surface area contributed by atoms with Crippen molar-refractivity contribution >= 4 is 29.2 Å². The van der Waals surface area contributed by atoms with Crippen molar-refractivity contribution in [3.05, 3.63) is 64.5 Å². The summed E-state index contributed by atoms with van der Waals surface area (Å²) >= 11 is 6.12. The summed E-state index contributed by atoms with van der Waals surface area (Å²) in [4.78, 5) is 31.7. The lowest BCUT2D eigenvalue weighted by Crippen LogP contribution is -2.37. The molecule has 9 heteroatoms. The van der Waals surface area contributed by atoms with Crippen LogP contribution in [0, 0.1) is 5.92 Å². The van der Waals surface area contributed by atoms with Gasteiger partial charge in [-0.05, 0) is 62.0 Å². The number of ether oxygens (including phenoxy) is 1. The molecule has 0 saturated carbocycles. The fourth-order valence-electron chi connectivity index (χ4n) is 4.31. The number of piperidine rings is 1. The second kappa shape index (κ2) is 11.4. The fraction of sp³-hybridized carbons (Fsp3) is 0.429. The summed E-state index contributed by atoms with van der Waals surface area (Å²) < 4.78 is 10.5. The quantitative estimate of drug-likeness (QED) is 0.395. The van der Waals surface area contributed by atoms with Crippen LogP contribution < -0.4 is 5.32 Å². The van der Waals surface area contributed by atoms with Crippen LogP contribution in [0.25, 0.3) is 11.4 Å². The van der Waals surface area contributed by atoms with E-state index in [0.29, 0.717) is 36.8 Å². The SMILES string of the molecule is CCOC(=O)c1cc(NC(=O)C2CCN(Cc3nc(-c4ccc(C(C)(C)C)cc4)no3)CC2)ccc1Cl. The van der Waals surface area contributed by atoms with Crippen molar-refractivity contribution in [3.8, 4) is 11.4 Å². The van der Waals surface area contributed by atoms with Gasteiger partial charge in [-0.3, -0.25) is 9.69 Å². The smallest absolute Gasteiger partial charge is 0.339 e. The molecule has 1 fully saturated rings. The van der Waals surface area contributed by atoms with E-state index in [0.717, 1.165) is 18.7 Å². The van der Waals surface area contributed by atoms with Gasteiger partial charge in [0.25, 0.3) is 0 Å². The van der Waals surface area contributed by atoms with Gasteiger partial charge in [-0.15, -0.1) is 0 Å². The van der Waals surface area contributed by atoms with E-state index < -0.39 is 5.97 Å². The molecule has 0 unspecified atom stereocenters. The van der Waals surface area contributed by atoms with Gasteiger partial charge >= 0.3 is 5.97 Å². The third-order valence-corrected chi connectivity index (χ3v) is 6.85. The molecule has 0 aliphatic carbocycles. The second-order valence-corrected chi connectivity index (χ2v) is 10.7. The number of hydrogen-bond donors (Lipinski definition) is 1. The number of esters is 1. The Morgan fingerprint density at radius 1 is 1.14 bits per heavy atom. The molecule has 1 aliphatic heterocycles. The summed E-state index contributed by atoms with van der Waals surface area (Å²) in [5.74, 6) is 0.427. The normalized spacial score (nSPS) is 14.9. The highest BCUT2D eigenvalue weighted by Crippen LogP contribution is 2.26. The first-order valence-corrected chi connectivity index (χ1v) is 12.9. The van der Waals surface area contributed by atoms with Crippen molar-refractivity contribution < 1.29 is 18.8 Å². The Morgan fingerprint density at radius 3 is 2.49 bits per heavy atom. The van der Waals surface area contributed by atoms with Crippen LogP contribution in [0.5, 0.6) is 0 Å². The maximum atomic E-state index is 12.9. The molecule has 0 spiro atoms. The first-order chi connectivity index (χ1) is 17.6. The van der Waals surface area contributed by atoms with Gasteiger partial charge in [-0.2, -0.15) is 4.98 Å². The van der Waals surface area contributed by atoms with Crippen LogP contribution in [0.2, 0.25) is 5.02 Å². The number of likely N-dealkylation sites (tertiary alicyclic amines) is 1. The molecule has 4 rings (SSSR count). The highest BCUT2D eigenvalue weighted by atomic mass is 35.5. The van der Waals surface area contributed by atoms with E-state index in [1.807, 2.05) is 12.1 Å². The van der Waals surface area contributed by atoms with Crippen LogP contribution in [-0.2, 0) is 21.5 Å². The van der Waals surface area contributed by atoms with Gasteiger partial charge in [0.2, 0.25) is 17.6 Å². The first-order valence-electron chi connectivity index (χ1n) is 12.6. The number of carbonyl (C=O) groups excluding carboxylic acids is 2. The number of halogens is 1. The summed E-state index contributed by atoms with van der Waals surface area (Å²) in [5.41, 5.74) is 3.02. The Balaban J connectivity index is 1.29. The van der Waals surface area contributed by atoms with Crippen molar-refractivity contribution in [2.24, 2.45) is 5.92 Å². The summed E-state index contributed by atoms with van der Waals surface area (Å²) in [6.45, 7) is 10.5. The Labute approximate surface area is 222 Å². The fourth-order valence-corrected chi connectivity index (χ4v) is 4.51. The third-order valence-electron chi connectivity index (χ3n) is 6.52. The zero-order valence-corrected chi connectivity index (χ0v) is 22.5. The van der Waals surface area contributed by atoms with Crippen LogP contribution in [-0.4, -0.2) is 46.6 Å². The minimum Gasteiger partial charge on any atom is -0.462 e. The molecule has 2 aromatic carbocycles. The van der Waals surface area contributed by atoms with Crippen molar-refractivity contribution in [3.63, 3.8) is 0 Å². The summed E-state index contributed by atoms with van der Waals surface area (Å²) in [7, 11) is 0. The summed E-state index contributed by atoms with van der Waals surface area (Å²) in [6.07, 6.45) is 1.42. The molecule has 1 aromatic heterocycles. The van der Waals surface area contributed by atoms with Gasteiger partial charge in [0.05, 0.1) is 23.7 Å². The monoisotopic (exact) mass is 524 g/mol. The third kappa shape index (κ3) is 6.76. The number of aromatic nitrogens is 2. The molecular formula is C28H33ClN4O4. The lowest BCUT2D eigenvalue weighted by molar-refractivity contribution is -0.121. The Morgan fingerprint density at radius 2 is 1.84 bits per heavy atom. The molecule has 37 heavy (non-hydrogen) atoms. The van der Waals surface area contributed by atoms with Gasteiger partial charge < -0.3 is 14.6 Å². The van der Waals surface area contributed by atoms with E-state index in [-0.39, 0.29) is 34.4 Å². The van der Waals surface area contributed by atoms with Crippen LogP contribution in [0.4, 0.5) is 5.69 Å². The Kier molecular flexibility index (Phi) is 8.29. The van der Waals surface area contributed by atoms with Crippen LogP contribution in [0.1, 0.15) is 62.3 Å². The van der Waals surface area contributed by atoms with E-state index in [2.05, 4.69) is 53.3 Å². The molecular weight excluding hydrogens is 492 g/mol. The van der Waals surface area contributed by atoms with Gasteiger partial charge in [-0.25, -0.2) is 4.79 Å². The largest absolute Gasteiger partial charge is 0.462 e. The predicted octanol–water partition coefficient (Wildman–Crippen LogP) is 5.71. The van der Waals surface area contributed by atoms with Gasteiger partial charge in [-0.1, -0.05) is 61.8 Å². The number of rotatable bonds is 7. The van der Waals surface area contributed by atoms with E-state index in [1.165, 1.54) is 5.56 Å². The summed E-state index contributed by atoms with van der Waals surface area (Å²) in [6, 6.07) is 13.1. The van der Waals surface area contributed by atoms with Crippen LogP contribution in [0.15, 0.2) is 47.0 Å². The van der Waals surface area contributed by atoms with E-state index in [1.54, 1.807) is 25.1 Å². The van der Waals surface area contributed by atoms with Gasteiger partial charge in [0.15, 0.2) is 0 Å². The molecule has 2 heterocycles. The van der Waals surface area contributed by atoms with Gasteiger partial charge in [0, 0.05) is 17.2 Å². The molecule has 3 aromatic rings. The lowest BCUT2D eigenvalue weighted by atomic mass is 9.87. The highest BCUT2D eigenvalue weighted by Gasteiger charge is 2.26. The maximum Gasteiger partial charge on any atom is 0.339 e. The number of amides is 1. The number of nitrogens with zero attached hydrogens (tertiary/aromatic N) is 3. The van der Waals surface area contributed by atoms with Crippen molar-refractivity contribution in [1.82, 2.24) is 15.0 Å². The average Bonchev–Trinajstić information content (AvgIpc) is 3.34. The van der Waals surface area contributed by atoms with Crippen molar-refractivity contribution in [1.29, 1.82) is 0 Å². The second-order valence-electron chi connectivity index (χ2n) is 10.3. The standard InChI is InChI=1S/C28H33ClN4O4/c1-5-36-27(35)22-16-21(10-11-23(22)29)30-26(34)19-12-14-33(15-13-19)17-24-31-25(32-37-24)18-6-8-20(9-7-18)28(2,3)4/h6-11,16,19H,5,12-15,17H2,1-4H3,(H,30,34). The van der Waals surface area contributed by atoms with Crippen LogP contribution >= 0.6 is 11.6 Å². The number of benzene rings is 2. The topological polar surface area (TPSA) is 97.6 Å². The summed E-state index contributed by atoms with van der Waals surface area (Å²) in [5, 5.41) is 7.35. The Bertz CT molecular complexity index is 1240. The van der Waals surface area contributed by atoms with E-state index in [9.17, 15) is 9.59 Å². The molecule has 0 atom stereocenters. The molecule has 196 valence electrons. The van der Waals surface area contributed by atoms with E-state index in [4.69, 9.17) is 20.9 Å². The highest BCUT2D eigenvalue weighted by molar-refractivity contribution is 6.33. The number of carbonyl (C=O) groups is 2. The maximum absolute atomic E-state index is 12.9. The molecule has 0 radical (unpaired) electrons. The minimum absolute atomic E-state index is 0.0736. The zero-order valence-electron chi connectivity index (χ0n) is 21.7. The average molecular weight is 525 g/mol.